The summed E-state index contributed by atoms with van der Waals surface area (Å²) in [4.78, 5) is 4.22. The van der Waals surface area contributed by atoms with Gasteiger partial charge in [-0.3, -0.25) is 4.98 Å². The zero-order valence-electron chi connectivity index (χ0n) is 12.8. The van der Waals surface area contributed by atoms with Crippen LogP contribution in [0, 0.1) is 11.3 Å². The largest absolute Gasteiger partial charge is 0.384 e. The average molecular weight is 302 g/mol. The minimum atomic E-state index is 0.660. The fourth-order valence-electron chi connectivity index (χ4n) is 2.60. The van der Waals surface area contributed by atoms with Crippen LogP contribution in [0.2, 0.25) is 0 Å². The van der Waals surface area contributed by atoms with E-state index >= 15 is 0 Å². The van der Waals surface area contributed by atoms with Crippen molar-refractivity contribution in [1.82, 2.24) is 4.98 Å². The molecule has 114 valence electrons. The average Bonchev–Trinajstić information content (AvgIpc) is 2.61. The van der Waals surface area contributed by atoms with E-state index < -0.39 is 0 Å². The normalized spacial score (nSPS) is 10.4. The zero-order valence-corrected chi connectivity index (χ0v) is 12.8. The molecule has 2 aromatic carbocycles. The first-order chi connectivity index (χ1) is 11.3. The number of nitrogens with one attached hydrogen (secondary N) is 1. The molecule has 3 aromatic rings. The van der Waals surface area contributed by atoms with E-state index in [0.717, 1.165) is 40.6 Å². The number of nitrogens with two attached hydrogens (primary N) is 1. The van der Waals surface area contributed by atoms with Crippen LogP contribution in [0.3, 0.4) is 0 Å². The highest BCUT2D eigenvalue weighted by Gasteiger charge is 2.06. The third-order valence-corrected chi connectivity index (χ3v) is 3.78. The lowest BCUT2D eigenvalue weighted by Crippen LogP contribution is -2.08. The first kappa shape index (κ1) is 15.0. The van der Waals surface area contributed by atoms with Crippen molar-refractivity contribution in [2.45, 2.75) is 6.42 Å². The molecular weight excluding hydrogens is 284 g/mol. The maximum absolute atomic E-state index is 9.10. The maximum atomic E-state index is 9.10. The molecule has 23 heavy (non-hydrogen) atoms. The van der Waals surface area contributed by atoms with E-state index in [1.807, 2.05) is 36.5 Å². The minimum absolute atomic E-state index is 0.660. The van der Waals surface area contributed by atoms with Gasteiger partial charge in [0, 0.05) is 30.0 Å². The van der Waals surface area contributed by atoms with Gasteiger partial charge in [-0.1, -0.05) is 12.1 Å². The quantitative estimate of drug-likeness (QED) is 0.707. The number of aromatic nitrogens is 1. The number of benzene rings is 2. The lowest BCUT2D eigenvalue weighted by molar-refractivity contribution is 0.875. The van der Waals surface area contributed by atoms with Crippen LogP contribution in [0.15, 0.2) is 54.9 Å². The number of nitrogens with zero attached hydrogens (tertiary/aromatic N) is 2. The van der Waals surface area contributed by atoms with Crippen LogP contribution in [-0.2, 0) is 0 Å². The predicted octanol–water partition coefficient (Wildman–Crippen LogP) is 3.53. The molecule has 0 aliphatic heterocycles. The summed E-state index contributed by atoms with van der Waals surface area (Å²) in [6, 6.07) is 16.1. The molecule has 0 radical (unpaired) electrons. The number of hydrogen-bond acceptors (Lipinski definition) is 4. The molecule has 1 heterocycles. The summed E-state index contributed by atoms with van der Waals surface area (Å²) in [5.41, 5.74) is 9.39. The van der Waals surface area contributed by atoms with Gasteiger partial charge in [-0.2, -0.15) is 5.26 Å². The van der Waals surface area contributed by atoms with Crippen molar-refractivity contribution in [2.75, 3.05) is 18.4 Å². The molecule has 0 saturated carbocycles. The number of nitriles is 1. The Kier molecular flexibility index (Phi) is 4.51. The number of fused-ring (bicyclic) bond motifs is 1. The molecule has 3 rings (SSSR count). The van der Waals surface area contributed by atoms with Gasteiger partial charge in [-0.15, -0.1) is 0 Å². The van der Waals surface area contributed by atoms with Gasteiger partial charge >= 0.3 is 0 Å². The summed E-state index contributed by atoms with van der Waals surface area (Å²) in [6.45, 7) is 1.48. The highest BCUT2D eigenvalue weighted by atomic mass is 14.9. The molecule has 1 aromatic heterocycles. The second-order valence-corrected chi connectivity index (χ2v) is 5.38. The Hall–Kier alpha value is -2.90. The molecular formula is C19H18N4. The van der Waals surface area contributed by atoms with E-state index in [9.17, 15) is 0 Å². The zero-order chi connectivity index (χ0) is 16.1. The lowest BCUT2D eigenvalue weighted by Gasteiger charge is -2.12. The SMILES string of the molecule is N#Cc1cccc(-c2cc(NCCCN)c3cnccc3c2)c1. The molecule has 4 heteroatoms. The van der Waals surface area contributed by atoms with Crippen LogP contribution in [0.1, 0.15) is 12.0 Å². The third kappa shape index (κ3) is 3.31. The number of pyridine rings is 1. The van der Waals surface area contributed by atoms with Crippen LogP contribution in [0.4, 0.5) is 5.69 Å². The summed E-state index contributed by atoms with van der Waals surface area (Å²) < 4.78 is 0. The van der Waals surface area contributed by atoms with Gasteiger partial charge in [0.25, 0.3) is 0 Å². The second-order valence-electron chi connectivity index (χ2n) is 5.38. The molecule has 0 unspecified atom stereocenters. The molecule has 0 bridgehead atoms. The van der Waals surface area contributed by atoms with Gasteiger partial charge < -0.3 is 11.1 Å². The molecule has 0 fully saturated rings. The van der Waals surface area contributed by atoms with Crippen molar-refractivity contribution in [3.63, 3.8) is 0 Å². The smallest absolute Gasteiger partial charge is 0.0991 e. The first-order valence-corrected chi connectivity index (χ1v) is 7.64. The van der Waals surface area contributed by atoms with Gasteiger partial charge in [-0.05, 0) is 59.8 Å². The third-order valence-electron chi connectivity index (χ3n) is 3.78. The van der Waals surface area contributed by atoms with E-state index in [4.69, 9.17) is 11.0 Å². The van der Waals surface area contributed by atoms with Gasteiger partial charge in [0.05, 0.1) is 11.6 Å². The van der Waals surface area contributed by atoms with Crippen molar-refractivity contribution in [1.29, 1.82) is 5.26 Å². The van der Waals surface area contributed by atoms with Crippen molar-refractivity contribution in [3.8, 4) is 17.2 Å². The minimum Gasteiger partial charge on any atom is -0.384 e. The molecule has 0 amide bonds. The predicted molar refractivity (Wildman–Crippen MR) is 94.1 cm³/mol. The van der Waals surface area contributed by atoms with Crippen molar-refractivity contribution >= 4 is 16.5 Å². The summed E-state index contributed by atoms with van der Waals surface area (Å²) in [6.07, 6.45) is 4.58. The fraction of sp³-hybridized carbons (Fsp3) is 0.158. The molecule has 4 nitrogen and oxygen atoms in total. The van der Waals surface area contributed by atoms with E-state index in [1.165, 1.54) is 0 Å². The molecule has 3 N–H and O–H groups in total. The van der Waals surface area contributed by atoms with E-state index in [1.54, 1.807) is 6.20 Å². The molecule has 0 aliphatic rings. The molecule has 0 aliphatic carbocycles. The van der Waals surface area contributed by atoms with Crippen LogP contribution >= 0.6 is 0 Å². The number of rotatable bonds is 5. The topological polar surface area (TPSA) is 74.7 Å². The monoisotopic (exact) mass is 302 g/mol. The van der Waals surface area contributed by atoms with E-state index in [2.05, 4.69) is 28.5 Å². The Balaban J connectivity index is 2.08. The summed E-state index contributed by atoms with van der Waals surface area (Å²) in [5, 5.41) is 14.7. The lowest BCUT2D eigenvalue weighted by atomic mass is 9.99. The Bertz CT molecular complexity index is 865. The first-order valence-electron chi connectivity index (χ1n) is 7.64. The maximum Gasteiger partial charge on any atom is 0.0991 e. The van der Waals surface area contributed by atoms with Crippen LogP contribution in [0.25, 0.3) is 21.9 Å². The van der Waals surface area contributed by atoms with E-state index in [-0.39, 0.29) is 0 Å². The Morgan fingerprint density at radius 1 is 1.13 bits per heavy atom. The standard InChI is InChI=1S/C19H18N4/c20-6-2-7-23-19-11-17(10-16-5-8-22-13-18(16)19)15-4-1-3-14(9-15)12-21/h1,3-5,8-11,13,23H,2,6-7,20H2. The highest BCUT2D eigenvalue weighted by Crippen LogP contribution is 2.31. The Morgan fingerprint density at radius 2 is 2.04 bits per heavy atom. The summed E-state index contributed by atoms with van der Waals surface area (Å²) in [5.74, 6) is 0. The summed E-state index contributed by atoms with van der Waals surface area (Å²) >= 11 is 0. The van der Waals surface area contributed by atoms with E-state index in [0.29, 0.717) is 12.1 Å². The number of hydrogen-bond donors (Lipinski definition) is 2. The van der Waals surface area contributed by atoms with Crippen LogP contribution in [0.5, 0.6) is 0 Å². The van der Waals surface area contributed by atoms with Gasteiger partial charge in [0.2, 0.25) is 0 Å². The highest BCUT2D eigenvalue weighted by molar-refractivity contribution is 5.97. The second kappa shape index (κ2) is 6.91. The van der Waals surface area contributed by atoms with Crippen molar-refractivity contribution in [2.24, 2.45) is 5.73 Å². The van der Waals surface area contributed by atoms with Gasteiger partial charge in [0.1, 0.15) is 0 Å². The Labute approximate surface area is 135 Å². The van der Waals surface area contributed by atoms with Crippen molar-refractivity contribution in [3.05, 3.63) is 60.4 Å². The molecule has 0 spiro atoms. The summed E-state index contributed by atoms with van der Waals surface area (Å²) in [7, 11) is 0. The fourth-order valence-corrected chi connectivity index (χ4v) is 2.60. The Morgan fingerprint density at radius 3 is 2.87 bits per heavy atom. The van der Waals surface area contributed by atoms with Crippen molar-refractivity contribution < 1.29 is 0 Å². The number of anilines is 1. The van der Waals surface area contributed by atoms with Crippen LogP contribution in [-0.4, -0.2) is 18.1 Å². The van der Waals surface area contributed by atoms with Gasteiger partial charge in [0.15, 0.2) is 0 Å². The molecule has 0 atom stereocenters. The van der Waals surface area contributed by atoms with Crippen LogP contribution < -0.4 is 11.1 Å². The van der Waals surface area contributed by atoms with Gasteiger partial charge in [-0.25, -0.2) is 0 Å². The molecule has 0 saturated heterocycles.